The predicted molar refractivity (Wildman–Crippen MR) is 140 cm³/mol. The van der Waals surface area contributed by atoms with E-state index in [1.807, 2.05) is 71.3 Å². The molecular weight excluding hydrogens is 456 g/mol. The lowest BCUT2D eigenvalue weighted by Crippen LogP contribution is -2.23. The average Bonchev–Trinajstić information content (AvgIpc) is 3.28. The molecule has 0 spiro atoms. The van der Waals surface area contributed by atoms with Crippen molar-refractivity contribution in [3.63, 3.8) is 0 Å². The van der Waals surface area contributed by atoms with E-state index >= 15 is 0 Å². The molecule has 4 aromatic carbocycles. The number of ketones is 1. The van der Waals surface area contributed by atoms with Crippen LogP contribution in [0.1, 0.15) is 23.1 Å². The molecule has 1 aromatic heterocycles. The van der Waals surface area contributed by atoms with Gasteiger partial charge in [-0.1, -0.05) is 84.6 Å². The van der Waals surface area contributed by atoms with Crippen molar-refractivity contribution < 1.29 is 9.59 Å². The van der Waals surface area contributed by atoms with Crippen LogP contribution in [0.25, 0.3) is 27.2 Å². The normalized spacial score (nSPS) is 11.1. The maximum Gasteiger partial charge on any atom is 0.216 e. The van der Waals surface area contributed by atoms with Crippen LogP contribution in [0.2, 0.25) is 0 Å². The van der Waals surface area contributed by atoms with Gasteiger partial charge in [0.1, 0.15) is 5.82 Å². The molecule has 0 unspecified atom stereocenters. The first-order valence-electron chi connectivity index (χ1n) is 11.4. The van der Waals surface area contributed by atoms with Crippen LogP contribution in [-0.4, -0.2) is 38.8 Å². The first kappa shape index (κ1) is 22.8. The standard InChI is InChI=1S/C28H24N4O2S/c1-19(33)29-16-15-27-30-31-28(32(27)25-12-6-10-21-8-4-5-11-24(21)25)35-18-26(34)23-14-13-20-7-2-3-9-22(20)17-23/h2-14,17H,15-16,18H2,1H3,(H,29,33). The minimum atomic E-state index is -0.0863. The van der Waals surface area contributed by atoms with Crippen LogP contribution in [-0.2, 0) is 11.2 Å². The van der Waals surface area contributed by atoms with Gasteiger partial charge in [-0.25, -0.2) is 0 Å². The monoisotopic (exact) mass is 480 g/mol. The Balaban J connectivity index is 1.45. The van der Waals surface area contributed by atoms with Crippen molar-refractivity contribution in [3.05, 3.63) is 96.3 Å². The minimum Gasteiger partial charge on any atom is -0.356 e. The number of carbonyl (C=O) groups is 2. The molecule has 0 bridgehead atoms. The van der Waals surface area contributed by atoms with E-state index < -0.39 is 0 Å². The van der Waals surface area contributed by atoms with Crippen LogP contribution in [0, 0.1) is 0 Å². The van der Waals surface area contributed by atoms with Crippen molar-refractivity contribution in [2.24, 2.45) is 0 Å². The number of carbonyl (C=O) groups excluding carboxylic acids is 2. The van der Waals surface area contributed by atoms with Gasteiger partial charge in [0.25, 0.3) is 0 Å². The number of amides is 1. The van der Waals surface area contributed by atoms with Crippen LogP contribution in [0.5, 0.6) is 0 Å². The summed E-state index contributed by atoms with van der Waals surface area (Å²) in [4.78, 5) is 24.4. The van der Waals surface area contributed by atoms with Crippen molar-refractivity contribution in [3.8, 4) is 5.69 Å². The molecule has 1 heterocycles. The number of Topliss-reactive ketones (excluding diaryl/α,β-unsaturated/α-hetero) is 1. The van der Waals surface area contributed by atoms with Gasteiger partial charge in [0.15, 0.2) is 10.9 Å². The number of aromatic nitrogens is 3. The van der Waals surface area contributed by atoms with E-state index in [1.54, 1.807) is 0 Å². The number of thioether (sulfide) groups is 1. The van der Waals surface area contributed by atoms with E-state index in [1.165, 1.54) is 18.7 Å². The second-order valence-corrected chi connectivity index (χ2v) is 9.18. The van der Waals surface area contributed by atoms with Gasteiger partial charge in [-0.3, -0.25) is 14.2 Å². The van der Waals surface area contributed by atoms with Gasteiger partial charge in [-0.15, -0.1) is 10.2 Å². The van der Waals surface area contributed by atoms with Crippen LogP contribution < -0.4 is 5.32 Å². The Kier molecular flexibility index (Phi) is 6.59. The largest absolute Gasteiger partial charge is 0.356 e. The zero-order chi connectivity index (χ0) is 24.2. The molecule has 5 rings (SSSR count). The summed E-state index contributed by atoms with van der Waals surface area (Å²) >= 11 is 1.37. The molecule has 1 N–H and O–H groups in total. The van der Waals surface area contributed by atoms with E-state index in [2.05, 4.69) is 33.7 Å². The van der Waals surface area contributed by atoms with E-state index in [0.29, 0.717) is 23.7 Å². The first-order chi connectivity index (χ1) is 17.1. The SMILES string of the molecule is CC(=O)NCCc1nnc(SCC(=O)c2ccc3ccccc3c2)n1-c1cccc2ccccc12. The third kappa shape index (κ3) is 4.95. The lowest BCUT2D eigenvalue weighted by atomic mass is 10.1. The fourth-order valence-electron chi connectivity index (χ4n) is 4.13. The summed E-state index contributed by atoms with van der Waals surface area (Å²) < 4.78 is 2.00. The number of hydrogen-bond donors (Lipinski definition) is 1. The summed E-state index contributed by atoms with van der Waals surface area (Å²) in [6, 6.07) is 28.0. The van der Waals surface area contributed by atoms with Gasteiger partial charge >= 0.3 is 0 Å². The van der Waals surface area contributed by atoms with Crippen molar-refractivity contribution in [2.45, 2.75) is 18.5 Å². The lowest BCUT2D eigenvalue weighted by molar-refractivity contribution is -0.118. The Hall–Kier alpha value is -3.97. The number of hydrogen-bond acceptors (Lipinski definition) is 5. The Morgan fingerprint density at radius 1 is 0.857 bits per heavy atom. The molecule has 0 radical (unpaired) electrons. The topological polar surface area (TPSA) is 76.9 Å². The number of fused-ring (bicyclic) bond motifs is 2. The van der Waals surface area contributed by atoms with E-state index in [4.69, 9.17) is 0 Å². The van der Waals surface area contributed by atoms with E-state index in [9.17, 15) is 9.59 Å². The number of nitrogens with zero attached hydrogens (tertiary/aromatic N) is 3. The van der Waals surface area contributed by atoms with Crippen molar-refractivity contribution >= 4 is 45.0 Å². The summed E-state index contributed by atoms with van der Waals surface area (Å²) in [5.41, 5.74) is 1.63. The van der Waals surface area contributed by atoms with Crippen LogP contribution in [0.3, 0.4) is 0 Å². The van der Waals surface area contributed by atoms with Crippen molar-refractivity contribution in [1.82, 2.24) is 20.1 Å². The molecule has 6 nitrogen and oxygen atoms in total. The van der Waals surface area contributed by atoms with E-state index in [0.717, 1.165) is 33.1 Å². The molecule has 0 saturated heterocycles. The summed E-state index contributed by atoms with van der Waals surface area (Å²) in [7, 11) is 0. The van der Waals surface area contributed by atoms with Gasteiger partial charge in [-0.05, 0) is 28.3 Å². The highest BCUT2D eigenvalue weighted by atomic mass is 32.2. The second-order valence-electron chi connectivity index (χ2n) is 8.24. The molecule has 35 heavy (non-hydrogen) atoms. The summed E-state index contributed by atoms with van der Waals surface area (Å²) in [5.74, 6) is 0.924. The molecule has 174 valence electrons. The fourth-order valence-corrected chi connectivity index (χ4v) is 4.99. The van der Waals surface area contributed by atoms with Gasteiger partial charge in [0.05, 0.1) is 11.4 Å². The summed E-state index contributed by atoms with van der Waals surface area (Å²) in [6.07, 6.45) is 0.523. The molecule has 0 aliphatic carbocycles. The third-order valence-corrected chi connectivity index (χ3v) is 6.76. The van der Waals surface area contributed by atoms with Crippen LogP contribution in [0.15, 0.2) is 90.1 Å². The molecule has 0 atom stereocenters. The predicted octanol–water partition coefficient (Wildman–Crippen LogP) is 5.23. The van der Waals surface area contributed by atoms with Crippen molar-refractivity contribution in [1.29, 1.82) is 0 Å². The Labute approximate surface area is 207 Å². The average molecular weight is 481 g/mol. The minimum absolute atomic E-state index is 0.0352. The van der Waals surface area contributed by atoms with Gasteiger partial charge in [-0.2, -0.15) is 0 Å². The molecule has 0 saturated carbocycles. The van der Waals surface area contributed by atoms with Gasteiger partial charge in [0, 0.05) is 30.8 Å². The Bertz CT molecular complexity index is 1540. The molecule has 0 fully saturated rings. The second kappa shape index (κ2) is 10.1. The summed E-state index contributed by atoms with van der Waals surface area (Å²) in [5, 5.41) is 16.6. The maximum atomic E-state index is 13.0. The molecule has 1 amide bonds. The summed E-state index contributed by atoms with van der Waals surface area (Å²) in [6.45, 7) is 1.95. The Morgan fingerprint density at radius 3 is 2.43 bits per heavy atom. The highest BCUT2D eigenvalue weighted by molar-refractivity contribution is 7.99. The van der Waals surface area contributed by atoms with E-state index in [-0.39, 0.29) is 17.4 Å². The lowest BCUT2D eigenvalue weighted by Gasteiger charge is -2.13. The third-order valence-electron chi connectivity index (χ3n) is 5.83. The quantitative estimate of drug-likeness (QED) is 0.243. The Morgan fingerprint density at radius 2 is 1.60 bits per heavy atom. The molecular formula is C28H24N4O2S. The van der Waals surface area contributed by atoms with Crippen LogP contribution >= 0.6 is 11.8 Å². The number of benzene rings is 4. The zero-order valence-corrected chi connectivity index (χ0v) is 20.1. The smallest absolute Gasteiger partial charge is 0.216 e. The first-order valence-corrected chi connectivity index (χ1v) is 12.4. The number of nitrogens with one attached hydrogen (secondary N) is 1. The zero-order valence-electron chi connectivity index (χ0n) is 19.3. The highest BCUT2D eigenvalue weighted by Gasteiger charge is 2.18. The fraction of sp³-hybridized carbons (Fsp3) is 0.143. The maximum absolute atomic E-state index is 13.0. The molecule has 0 aliphatic rings. The number of rotatable bonds is 8. The van der Waals surface area contributed by atoms with Crippen molar-refractivity contribution in [2.75, 3.05) is 12.3 Å². The molecule has 0 aliphatic heterocycles. The highest BCUT2D eigenvalue weighted by Crippen LogP contribution is 2.29. The van der Waals surface area contributed by atoms with Gasteiger partial charge in [0.2, 0.25) is 5.91 Å². The molecule has 7 heteroatoms. The van der Waals surface area contributed by atoms with Gasteiger partial charge < -0.3 is 5.32 Å². The molecule has 5 aromatic rings. The van der Waals surface area contributed by atoms with Crippen LogP contribution in [0.4, 0.5) is 0 Å².